The number of hydrogen-bond donors (Lipinski definition) is 0. The predicted molar refractivity (Wildman–Crippen MR) is 274 cm³/mol. The zero-order valence-corrected chi connectivity index (χ0v) is 35.8. The summed E-state index contributed by atoms with van der Waals surface area (Å²) in [6, 6.07) is 78.4. The van der Waals surface area contributed by atoms with E-state index in [1.807, 2.05) is 34.0 Å². The summed E-state index contributed by atoms with van der Waals surface area (Å²) in [5.41, 5.74) is 10.8. The molecule has 0 N–H and O–H groups in total. The maximum absolute atomic E-state index is 2.44. The topological polar surface area (TPSA) is 3.24 Å². The average Bonchev–Trinajstić information content (AvgIpc) is 4.03. The van der Waals surface area contributed by atoms with E-state index < -0.39 is 0 Å². The van der Waals surface area contributed by atoms with Gasteiger partial charge in [-0.25, -0.2) is 0 Å². The number of hydrogen-bond acceptors (Lipinski definition) is 4. The Morgan fingerprint density at radius 3 is 1.66 bits per heavy atom. The highest BCUT2D eigenvalue weighted by molar-refractivity contribution is 7.30. The molecule has 0 saturated heterocycles. The van der Waals surface area contributed by atoms with Crippen LogP contribution in [0.15, 0.2) is 212 Å². The Kier molecular flexibility index (Phi) is 8.20. The summed E-state index contributed by atoms with van der Waals surface area (Å²) < 4.78 is 8.00. The Hall–Kier alpha value is -7.08. The Morgan fingerprint density at radius 1 is 0.274 bits per heavy atom. The van der Waals surface area contributed by atoms with E-state index in [0.717, 1.165) is 17.1 Å². The van der Waals surface area contributed by atoms with Crippen LogP contribution in [-0.4, -0.2) is 0 Å². The van der Waals surface area contributed by atoms with Gasteiger partial charge in [0.2, 0.25) is 0 Å². The molecule has 3 heterocycles. The number of thiophene rings is 3. The van der Waals surface area contributed by atoms with Crippen LogP contribution in [0.25, 0.3) is 105 Å². The lowest BCUT2D eigenvalue weighted by Gasteiger charge is -2.26. The monoisotopic (exact) mass is 841 g/mol. The molecule has 0 atom stereocenters. The van der Waals surface area contributed by atoms with Gasteiger partial charge in [0.05, 0.1) is 0 Å². The first-order valence-corrected chi connectivity index (χ1v) is 23.4. The summed E-state index contributed by atoms with van der Waals surface area (Å²) in [5.74, 6) is 0. The van der Waals surface area contributed by atoms with E-state index in [9.17, 15) is 0 Å². The lowest BCUT2D eigenvalue weighted by molar-refractivity contribution is 1.29. The molecule has 0 fully saturated rings. The molecule has 3 aromatic heterocycles. The first-order valence-electron chi connectivity index (χ1n) is 21.0. The average molecular weight is 842 g/mol. The summed E-state index contributed by atoms with van der Waals surface area (Å²) in [6.07, 6.45) is 0. The van der Waals surface area contributed by atoms with Crippen LogP contribution in [0.4, 0.5) is 17.1 Å². The Balaban J connectivity index is 0.962. The molecule has 290 valence electrons. The van der Waals surface area contributed by atoms with Crippen molar-refractivity contribution in [3.8, 4) is 33.4 Å². The molecule has 0 aliphatic heterocycles. The molecule has 1 nitrogen and oxygen atoms in total. The molecular weight excluding hydrogens is 807 g/mol. The molecular formula is C58H35NS3. The van der Waals surface area contributed by atoms with Crippen LogP contribution < -0.4 is 4.90 Å². The molecule has 0 saturated carbocycles. The standard InChI is InChI=1S/C58H35NS3/c1-2-10-36(11-3-1)37-20-25-41(26-21-37)59(42-27-22-39(23-28-42)45-16-8-13-38-12-4-5-14-44(38)45)43-29-32-53-50(35-43)49-34-40(24-31-52(49)60-53)46-17-9-19-54-56(46)57-55(61-54)33-30-48-47-15-6-7-18-51(47)62-58(48)57/h1-35H. The largest absolute Gasteiger partial charge is 0.310 e. The molecule has 62 heavy (non-hydrogen) atoms. The van der Waals surface area contributed by atoms with Crippen molar-refractivity contribution in [1.29, 1.82) is 0 Å². The van der Waals surface area contributed by atoms with Crippen molar-refractivity contribution in [3.05, 3.63) is 212 Å². The fourth-order valence-corrected chi connectivity index (χ4v) is 13.1. The van der Waals surface area contributed by atoms with Gasteiger partial charge in [0.15, 0.2) is 0 Å². The number of anilines is 3. The molecule has 0 aliphatic carbocycles. The smallest absolute Gasteiger partial charge is 0.0468 e. The molecule has 4 heteroatoms. The second-order valence-electron chi connectivity index (χ2n) is 16.0. The van der Waals surface area contributed by atoms with Crippen molar-refractivity contribution >= 4 is 122 Å². The van der Waals surface area contributed by atoms with Crippen molar-refractivity contribution < 1.29 is 0 Å². The second kappa shape index (κ2) is 14.3. The van der Waals surface area contributed by atoms with Crippen LogP contribution in [0.3, 0.4) is 0 Å². The number of fused-ring (bicyclic) bond motifs is 11. The van der Waals surface area contributed by atoms with Crippen molar-refractivity contribution in [2.75, 3.05) is 4.90 Å². The third-order valence-electron chi connectivity index (χ3n) is 12.5. The van der Waals surface area contributed by atoms with Gasteiger partial charge in [-0.15, -0.1) is 34.0 Å². The van der Waals surface area contributed by atoms with E-state index in [1.54, 1.807) is 0 Å². The van der Waals surface area contributed by atoms with Gasteiger partial charge in [-0.2, -0.15) is 0 Å². The van der Waals surface area contributed by atoms with Gasteiger partial charge >= 0.3 is 0 Å². The van der Waals surface area contributed by atoms with E-state index in [4.69, 9.17) is 0 Å². The van der Waals surface area contributed by atoms with E-state index in [2.05, 4.69) is 217 Å². The van der Waals surface area contributed by atoms with Crippen molar-refractivity contribution in [3.63, 3.8) is 0 Å². The van der Waals surface area contributed by atoms with E-state index >= 15 is 0 Å². The highest BCUT2D eigenvalue weighted by Gasteiger charge is 2.19. The Labute approximate surface area is 370 Å². The Morgan fingerprint density at radius 2 is 0.823 bits per heavy atom. The minimum atomic E-state index is 1.12. The predicted octanol–water partition coefficient (Wildman–Crippen LogP) is 18.4. The summed E-state index contributed by atoms with van der Waals surface area (Å²) in [6.45, 7) is 0. The number of rotatable bonds is 6. The molecule has 0 radical (unpaired) electrons. The van der Waals surface area contributed by atoms with Gasteiger partial charge in [-0.05, 0) is 117 Å². The van der Waals surface area contributed by atoms with Gasteiger partial charge in [0.1, 0.15) is 0 Å². The molecule has 0 amide bonds. The number of benzene rings is 10. The lowest BCUT2D eigenvalue weighted by Crippen LogP contribution is -2.09. The fourth-order valence-electron chi connectivity index (χ4n) is 9.55. The minimum Gasteiger partial charge on any atom is -0.310 e. The summed E-state index contributed by atoms with van der Waals surface area (Å²) in [4.78, 5) is 2.41. The van der Waals surface area contributed by atoms with Crippen molar-refractivity contribution in [2.45, 2.75) is 0 Å². The number of nitrogens with zero attached hydrogens (tertiary/aromatic N) is 1. The van der Waals surface area contributed by atoms with Crippen LogP contribution in [-0.2, 0) is 0 Å². The molecule has 0 unspecified atom stereocenters. The Bertz CT molecular complexity index is 3850. The lowest BCUT2D eigenvalue weighted by atomic mass is 9.97. The fraction of sp³-hybridized carbons (Fsp3) is 0. The quantitative estimate of drug-likeness (QED) is 0.161. The van der Waals surface area contributed by atoms with Crippen LogP contribution in [0, 0.1) is 0 Å². The van der Waals surface area contributed by atoms with Crippen LogP contribution in [0.5, 0.6) is 0 Å². The molecule has 13 rings (SSSR count). The first kappa shape index (κ1) is 35.7. The third kappa shape index (κ3) is 5.72. The second-order valence-corrected chi connectivity index (χ2v) is 19.2. The normalized spacial score (nSPS) is 11.9. The zero-order chi connectivity index (χ0) is 40.7. The molecule has 10 aromatic carbocycles. The maximum Gasteiger partial charge on any atom is 0.0468 e. The highest BCUT2D eigenvalue weighted by atomic mass is 32.1. The van der Waals surface area contributed by atoms with Crippen LogP contribution in [0.1, 0.15) is 0 Å². The minimum absolute atomic E-state index is 1.12. The first-order chi connectivity index (χ1) is 30.7. The zero-order valence-electron chi connectivity index (χ0n) is 33.4. The van der Waals surface area contributed by atoms with Gasteiger partial charge in [0.25, 0.3) is 0 Å². The highest BCUT2D eigenvalue weighted by Crippen LogP contribution is 2.48. The maximum atomic E-state index is 2.44. The van der Waals surface area contributed by atoms with E-state index in [0.29, 0.717) is 0 Å². The third-order valence-corrected chi connectivity index (χ3v) is 16.0. The molecule has 0 aliphatic rings. The van der Waals surface area contributed by atoms with Gasteiger partial charge in [-0.1, -0.05) is 140 Å². The molecule has 0 spiro atoms. The van der Waals surface area contributed by atoms with Gasteiger partial charge in [0, 0.05) is 77.6 Å². The van der Waals surface area contributed by atoms with E-state index in [-0.39, 0.29) is 0 Å². The summed E-state index contributed by atoms with van der Waals surface area (Å²) >= 11 is 5.71. The molecule has 0 bridgehead atoms. The SMILES string of the molecule is c1ccc(-c2ccc(N(c3ccc(-c4cccc5ccccc45)cc3)c3ccc4sc5ccc(-c6cccc7sc8ccc9c%10ccccc%10sc9c8c67)cc5c4c3)cc2)cc1. The van der Waals surface area contributed by atoms with Crippen molar-refractivity contribution in [2.24, 2.45) is 0 Å². The van der Waals surface area contributed by atoms with Crippen LogP contribution >= 0.6 is 34.0 Å². The summed E-state index contributed by atoms with van der Waals surface area (Å²) in [5, 5.41) is 10.5. The van der Waals surface area contributed by atoms with Crippen LogP contribution in [0.2, 0.25) is 0 Å². The van der Waals surface area contributed by atoms with E-state index in [1.165, 1.54) is 105 Å². The molecule has 13 aromatic rings. The van der Waals surface area contributed by atoms with Crippen molar-refractivity contribution in [1.82, 2.24) is 0 Å². The summed E-state index contributed by atoms with van der Waals surface area (Å²) in [7, 11) is 0. The van der Waals surface area contributed by atoms with Gasteiger partial charge < -0.3 is 4.90 Å². The van der Waals surface area contributed by atoms with Gasteiger partial charge in [-0.3, -0.25) is 0 Å².